The molecule has 1 amide bonds. The molecule has 1 heterocycles. The molecule has 3 nitrogen and oxygen atoms in total. The monoisotopic (exact) mass is 378 g/mol. The van der Waals surface area contributed by atoms with Crippen LogP contribution in [0.15, 0.2) is 34.9 Å². The third-order valence-corrected chi connectivity index (χ3v) is 4.14. The predicted molar refractivity (Wildman–Crippen MR) is 81.4 cm³/mol. The first kappa shape index (κ1) is 14.6. The number of aromatic nitrogens is 1. The molecule has 0 saturated carbocycles. The molecule has 1 N–H and O–H groups in total. The topological polar surface area (TPSA) is 42.0 Å². The number of halogens is 4. The number of anilines is 1. The van der Waals surface area contributed by atoms with Crippen molar-refractivity contribution in [2.75, 3.05) is 5.32 Å². The zero-order valence-electron chi connectivity index (χ0n) is 9.25. The zero-order valence-corrected chi connectivity index (χ0v) is 13.1. The van der Waals surface area contributed by atoms with E-state index < -0.39 is 0 Å². The van der Waals surface area contributed by atoms with Crippen LogP contribution < -0.4 is 5.32 Å². The predicted octanol–water partition coefficient (Wildman–Crippen LogP) is 5.06. The number of hydrogen-bond donors (Lipinski definition) is 1. The van der Waals surface area contributed by atoms with Gasteiger partial charge in [-0.2, -0.15) is 0 Å². The number of pyridine rings is 1. The van der Waals surface area contributed by atoms with Gasteiger partial charge in [0.1, 0.15) is 5.15 Å². The molecule has 0 aliphatic carbocycles. The average Bonchev–Trinajstić information content (AvgIpc) is 2.37. The summed E-state index contributed by atoms with van der Waals surface area (Å²) >= 11 is 20.6. The molecule has 0 spiro atoms. The summed E-state index contributed by atoms with van der Waals surface area (Å²) < 4.78 is 0.694. The first-order chi connectivity index (χ1) is 8.97. The van der Waals surface area contributed by atoms with E-state index in [1.165, 1.54) is 12.3 Å². The number of benzene rings is 1. The zero-order chi connectivity index (χ0) is 14.0. The number of amides is 1. The van der Waals surface area contributed by atoms with Crippen LogP contribution >= 0.6 is 50.7 Å². The molecule has 2 rings (SSSR count). The maximum absolute atomic E-state index is 12.0. The second kappa shape index (κ2) is 6.09. The lowest BCUT2D eigenvalue weighted by Crippen LogP contribution is -2.12. The van der Waals surface area contributed by atoms with E-state index in [-0.39, 0.29) is 16.1 Å². The molecule has 19 heavy (non-hydrogen) atoms. The van der Waals surface area contributed by atoms with Crippen molar-refractivity contribution in [2.45, 2.75) is 0 Å². The molecule has 7 heteroatoms. The fraction of sp³-hybridized carbons (Fsp3) is 0. The van der Waals surface area contributed by atoms with E-state index in [1.54, 1.807) is 18.2 Å². The Morgan fingerprint density at radius 3 is 2.53 bits per heavy atom. The quantitative estimate of drug-likeness (QED) is 0.740. The standard InChI is InChI=1S/C12H6BrCl3N2O/c13-8-4-7(1-2-9(8)14)18-12(19)6-3-10(15)11(16)17-5-6/h1-5H,(H,18,19). The van der Waals surface area contributed by atoms with Crippen LogP contribution in [0.25, 0.3) is 0 Å². The highest BCUT2D eigenvalue weighted by molar-refractivity contribution is 9.10. The highest BCUT2D eigenvalue weighted by atomic mass is 79.9. The van der Waals surface area contributed by atoms with Gasteiger partial charge in [0, 0.05) is 16.4 Å². The highest BCUT2D eigenvalue weighted by Crippen LogP contribution is 2.26. The lowest BCUT2D eigenvalue weighted by atomic mass is 10.2. The molecule has 0 atom stereocenters. The van der Waals surface area contributed by atoms with Gasteiger partial charge in [0.25, 0.3) is 5.91 Å². The van der Waals surface area contributed by atoms with Crippen molar-refractivity contribution >= 4 is 62.3 Å². The van der Waals surface area contributed by atoms with E-state index in [0.29, 0.717) is 20.7 Å². The van der Waals surface area contributed by atoms with Gasteiger partial charge in [-0.15, -0.1) is 0 Å². The Labute approximate surface area is 133 Å². The molecule has 98 valence electrons. The van der Waals surface area contributed by atoms with Crippen LogP contribution in [-0.4, -0.2) is 10.9 Å². The van der Waals surface area contributed by atoms with Crippen LogP contribution in [0.4, 0.5) is 5.69 Å². The lowest BCUT2D eigenvalue weighted by Gasteiger charge is -2.06. The number of carbonyl (C=O) groups excluding carboxylic acids is 1. The van der Waals surface area contributed by atoms with Crippen LogP contribution in [0, 0.1) is 0 Å². The van der Waals surface area contributed by atoms with Crippen LogP contribution in [-0.2, 0) is 0 Å². The van der Waals surface area contributed by atoms with Crippen LogP contribution in [0.1, 0.15) is 10.4 Å². The van der Waals surface area contributed by atoms with Crippen molar-refractivity contribution in [3.8, 4) is 0 Å². The van der Waals surface area contributed by atoms with Crippen LogP contribution in [0.2, 0.25) is 15.2 Å². The van der Waals surface area contributed by atoms with E-state index in [9.17, 15) is 4.79 Å². The fourth-order valence-corrected chi connectivity index (χ4v) is 2.09. The smallest absolute Gasteiger partial charge is 0.257 e. The molecule has 0 fully saturated rings. The van der Waals surface area contributed by atoms with Gasteiger partial charge in [-0.3, -0.25) is 4.79 Å². The Hall–Kier alpha value is -0.810. The van der Waals surface area contributed by atoms with Crippen molar-refractivity contribution in [2.24, 2.45) is 0 Å². The van der Waals surface area contributed by atoms with E-state index >= 15 is 0 Å². The fourth-order valence-electron chi connectivity index (χ4n) is 1.32. The summed E-state index contributed by atoms with van der Waals surface area (Å²) in [4.78, 5) is 15.8. The first-order valence-electron chi connectivity index (χ1n) is 5.05. The van der Waals surface area contributed by atoms with Gasteiger partial charge in [-0.1, -0.05) is 34.8 Å². The second-order valence-corrected chi connectivity index (χ2v) is 5.61. The maximum Gasteiger partial charge on any atom is 0.257 e. The number of nitrogens with one attached hydrogen (secondary N) is 1. The minimum Gasteiger partial charge on any atom is -0.322 e. The highest BCUT2D eigenvalue weighted by Gasteiger charge is 2.10. The molecule has 0 radical (unpaired) electrons. The minimum absolute atomic E-state index is 0.160. The number of hydrogen-bond acceptors (Lipinski definition) is 2. The van der Waals surface area contributed by atoms with E-state index in [2.05, 4.69) is 26.2 Å². The van der Waals surface area contributed by atoms with Crippen molar-refractivity contribution in [3.63, 3.8) is 0 Å². The molecule has 0 bridgehead atoms. The van der Waals surface area contributed by atoms with E-state index in [1.807, 2.05) is 0 Å². The van der Waals surface area contributed by atoms with E-state index in [4.69, 9.17) is 34.8 Å². The summed E-state index contributed by atoms with van der Waals surface area (Å²) in [7, 11) is 0. The van der Waals surface area contributed by atoms with Gasteiger partial charge in [-0.05, 0) is 40.2 Å². The molecule has 0 aliphatic rings. The Morgan fingerprint density at radius 2 is 1.89 bits per heavy atom. The molecule has 1 aromatic heterocycles. The van der Waals surface area contributed by atoms with Crippen molar-refractivity contribution in [3.05, 3.63) is 55.7 Å². The molecule has 0 aliphatic heterocycles. The normalized spacial score (nSPS) is 10.3. The summed E-state index contributed by atoms with van der Waals surface area (Å²) in [6.45, 7) is 0. The van der Waals surface area contributed by atoms with Crippen LogP contribution in [0.5, 0.6) is 0 Å². The third kappa shape index (κ3) is 3.60. The summed E-state index contributed by atoms with van der Waals surface area (Å²) in [5.74, 6) is -0.333. The molecule has 2 aromatic rings. The van der Waals surface area contributed by atoms with Crippen LogP contribution in [0.3, 0.4) is 0 Å². The number of carbonyl (C=O) groups is 1. The Balaban J connectivity index is 2.20. The average molecular weight is 380 g/mol. The molecule has 0 unspecified atom stereocenters. The van der Waals surface area contributed by atoms with Gasteiger partial charge < -0.3 is 5.32 Å². The van der Waals surface area contributed by atoms with E-state index in [0.717, 1.165) is 0 Å². The SMILES string of the molecule is O=C(Nc1ccc(Cl)c(Br)c1)c1cnc(Cl)c(Cl)c1. The Kier molecular flexibility index (Phi) is 4.68. The summed E-state index contributed by atoms with van der Waals surface area (Å²) in [6.07, 6.45) is 1.36. The molecule has 1 aromatic carbocycles. The number of rotatable bonds is 2. The summed E-state index contributed by atoms with van der Waals surface area (Å²) in [6, 6.07) is 6.52. The van der Waals surface area contributed by atoms with Gasteiger partial charge in [0.05, 0.1) is 15.6 Å². The first-order valence-corrected chi connectivity index (χ1v) is 6.97. The Morgan fingerprint density at radius 1 is 1.16 bits per heavy atom. The molecular formula is C12H6BrCl3N2O. The van der Waals surface area contributed by atoms with Crippen molar-refractivity contribution in [1.29, 1.82) is 0 Å². The maximum atomic E-state index is 12.0. The minimum atomic E-state index is -0.333. The summed E-state index contributed by atoms with van der Waals surface area (Å²) in [5, 5.41) is 3.66. The van der Waals surface area contributed by atoms with Gasteiger partial charge in [0.15, 0.2) is 0 Å². The van der Waals surface area contributed by atoms with Crippen molar-refractivity contribution in [1.82, 2.24) is 4.98 Å². The number of nitrogens with zero attached hydrogens (tertiary/aromatic N) is 1. The van der Waals surface area contributed by atoms with Gasteiger partial charge >= 0.3 is 0 Å². The third-order valence-electron chi connectivity index (χ3n) is 2.24. The van der Waals surface area contributed by atoms with Gasteiger partial charge in [-0.25, -0.2) is 4.98 Å². The largest absolute Gasteiger partial charge is 0.322 e. The summed E-state index contributed by atoms with van der Waals surface area (Å²) in [5.41, 5.74) is 0.924. The second-order valence-electron chi connectivity index (χ2n) is 3.58. The Bertz CT molecular complexity index is 649. The van der Waals surface area contributed by atoms with Gasteiger partial charge in [0.2, 0.25) is 0 Å². The molecule has 0 saturated heterocycles. The van der Waals surface area contributed by atoms with Crippen molar-refractivity contribution < 1.29 is 4.79 Å². The lowest BCUT2D eigenvalue weighted by molar-refractivity contribution is 0.102. The molecular weight excluding hydrogens is 374 g/mol.